The van der Waals surface area contributed by atoms with Gasteiger partial charge in [0.05, 0.1) is 31.0 Å². The predicted molar refractivity (Wildman–Crippen MR) is 119 cm³/mol. The molecule has 1 aliphatic heterocycles. The van der Waals surface area contributed by atoms with E-state index in [1.54, 1.807) is 6.07 Å². The fraction of sp³-hybridized carbons (Fsp3) is 0.273. The van der Waals surface area contributed by atoms with Crippen LogP contribution in [0.4, 0.5) is 5.69 Å². The van der Waals surface area contributed by atoms with Gasteiger partial charge in [-0.05, 0) is 23.8 Å². The summed E-state index contributed by atoms with van der Waals surface area (Å²) in [6.45, 7) is 4.44. The van der Waals surface area contributed by atoms with Crippen molar-refractivity contribution in [3.05, 3.63) is 64.1 Å². The highest BCUT2D eigenvalue weighted by molar-refractivity contribution is 7.13. The quantitative estimate of drug-likeness (QED) is 0.559. The second-order valence-corrected chi connectivity index (χ2v) is 8.41. The molecule has 4 rings (SSSR count). The first-order valence-electron chi connectivity index (χ1n) is 9.69. The van der Waals surface area contributed by atoms with E-state index in [-0.39, 0.29) is 18.1 Å². The molecule has 0 unspecified atom stereocenters. The molecule has 1 fully saturated rings. The van der Waals surface area contributed by atoms with Gasteiger partial charge in [0.15, 0.2) is 0 Å². The zero-order valence-corrected chi connectivity index (χ0v) is 17.9. The molecule has 0 atom stereocenters. The van der Waals surface area contributed by atoms with Crippen LogP contribution in [0.2, 0.25) is 5.02 Å². The zero-order valence-electron chi connectivity index (χ0n) is 16.3. The molecule has 0 bridgehead atoms. The lowest BCUT2D eigenvalue weighted by Crippen LogP contribution is -2.35. The van der Waals surface area contributed by atoms with Crippen LogP contribution in [0.3, 0.4) is 0 Å². The van der Waals surface area contributed by atoms with E-state index in [2.05, 4.69) is 39.5 Å². The number of rotatable bonds is 6. The molecule has 1 saturated heterocycles. The normalized spacial score (nSPS) is 14.6. The molecule has 1 aliphatic rings. The molecule has 6 nitrogen and oxygen atoms in total. The predicted octanol–water partition coefficient (Wildman–Crippen LogP) is 4.18. The molecule has 0 saturated carbocycles. The van der Waals surface area contributed by atoms with Crippen LogP contribution in [0.1, 0.15) is 11.3 Å². The van der Waals surface area contributed by atoms with Gasteiger partial charge in [-0.3, -0.25) is 9.69 Å². The molecule has 156 valence electrons. The number of halogens is 1. The number of thiazole rings is 1. The van der Waals surface area contributed by atoms with E-state index in [0.717, 1.165) is 43.4 Å². The van der Waals surface area contributed by atoms with Crippen molar-refractivity contribution >= 4 is 34.5 Å². The zero-order chi connectivity index (χ0) is 20.9. The lowest BCUT2D eigenvalue weighted by molar-refractivity contribution is -0.115. The van der Waals surface area contributed by atoms with Crippen molar-refractivity contribution in [3.63, 3.8) is 0 Å². The Morgan fingerprint density at radius 2 is 1.97 bits per heavy atom. The van der Waals surface area contributed by atoms with Crippen molar-refractivity contribution < 1.29 is 14.6 Å². The fourth-order valence-corrected chi connectivity index (χ4v) is 4.26. The van der Waals surface area contributed by atoms with E-state index in [9.17, 15) is 9.90 Å². The van der Waals surface area contributed by atoms with Crippen LogP contribution in [0.5, 0.6) is 5.75 Å². The smallest absolute Gasteiger partial charge is 0.230 e. The summed E-state index contributed by atoms with van der Waals surface area (Å²) in [6, 6.07) is 12.9. The van der Waals surface area contributed by atoms with Gasteiger partial charge in [0, 0.05) is 35.6 Å². The molecule has 0 aliphatic carbocycles. The highest BCUT2D eigenvalue weighted by Crippen LogP contribution is 2.27. The van der Waals surface area contributed by atoms with Crippen LogP contribution in [0.15, 0.2) is 47.8 Å². The Labute approximate surface area is 184 Å². The van der Waals surface area contributed by atoms with Gasteiger partial charge in [-0.15, -0.1) is 11.3 Å². The maximum atomic E-state index is 12.3. The largest absolute Gasteiger partial charge is 0.506 e. The van der Waals surface area contributed by atoms with Crippen LogP contribution >= 0.6 is 22.9 Å². The number of carbonyl (C=O) groups excluding carboxylic acids is 1. The molecule has 3 aromatic rings. The van der Waals surface area contributed by atoms with E-state index < -0.39 is 0 Å². The third kappa shape index (κ3) is 5.37. The molecule has 1 amide bonds. The molecule has 0 radical (unpaired) electrons. The second kappa shape index (κ2) is 9.57. The highest BCUT2D eigenvalue weighted by atomic mass is 35.5. The molecule has 1 aromatic heterocycles. The Kier molecular flexibility index (Phi) is 6.64. The summed E-state index contributed by atoms with van der Waals surface area (Å²) in [5, 5.41) is 15.7. The molecule has 2 N–H and O–H groups in total. The first kappa shape index (κ1) is 20.8. The number of hydrogen-bond acceptors (Lipinski definition) is 6. The third-order valence-electron chi connectivity index (χ3n) is 4.84. The third-order valence-corrected chi connectivity index (χ3v) is 6.01. The Hall–Kier alpha value is -2.45. The number of carbonyl (C=O) groups is 1. The first-order valence-corrected chi connectivity index (χ1v) is 10.9. The van der Waals surface area contributed by atoms with Crippen molar-refractivity contribution in [2.24, 2.45) is 0 Å². The summed E-state index contributed by atoms with van der Waals surface area (Å²) in [5.41, 5.74) is 3.27. The fourth-order valence-electron chi connectivity index (χ4n) is 3.26. The van der Waals surface area contributed by atoms with Gasteiger partial charge in [-0.25, -0.2) is 4.98 Å². The van der Waals surface area contributed by atoms with Gasteiger partial charge in [-0.2, -0.15) is 0 Å². The Morgan fingerprint density at radius 3 is 2.73 bits per heavy atom. The van der Waals surface area contributed by atoms with Crippen LogP contribution in [-0.4, -0.2) is 47.2 Å². The van der Waals surface area contributed by atoms with E-state index >= 15 is 0 Å². The Bertz CT molecular complexity index is 1020. The maximum absolute atomic E-state index is 12.3. The van der Waals surface area contributed by atoms with E-state index in [4.69, 9.17) is 16.3 Å². The number of aromatic hydroxyl groups is 1. The average Bonchev–Trinajstić information content (AvgIpc) is 3.20. The topological polar surface area (TPSA) is 74.7 Å². The minimum atomic E-state index is -0.259. The summed E-state index contributed by atoms with van der Waals surface area (Å²) < 4.78 is 5.39. The lowest BCUT2D eigenvalue weighted by atomic mass is 10.1. The van der Waals surface area contributed by atoms with Gasteiger partial charge < -0.3 is 15.2 Å². The molecular weight excluding hydrogens is 422 g/mol. The van der Waals surface area contributed by atoms with Gasteiger partial charge in [0.25, 0.3) is 0 Å². The van der Waals surface area contributed by atoms with E-state index in [0.29, 0.717) is 16.4 Å². The van der Waals surface area contributed by atoms with Crippen LogP contribution < -0.4 is 5.32 Å². The van der Waals surface area contributed by atoms with Crippen LogP contribution in [0, 0.1) is 0 Å². The highest BCUT2D eigenvalue weighted by Gasteiger charge is 2.13. The van der Waals surface area contributed by atoms with Crippen molar-refractivity contribution in [1.29, 1.82) is 0 Å². The number of nitrogens with zero attached hydrogens (tertiary/aromatic N) is 2. The van der Waals surface area contributed by atoms with Gasteiger partial charge >= 0.3 is 0 Å². The summed E-state index contributed by atoms with van der Waals surface area (Å²) >= 11 is 7.43. The van der Waals surface area contributed by atoms with E-state index in [1.807, 2.05) is 5.38 Å². The number of amides is 1. The number of benzene rings is 2. The summed E-state index contributed by atoms with van der Waals surface area (Å²) in [5.74, 6) is -0.283. The first-order chi connectivity index (χ1) is 14.6. The average molecular weight is 444 g/mol. The second-order valence-electron chi connectivity index (χ2n) is 7.12. The van der Waals surface area contributed by atoms with Crippen LogP contribution in [0.25, 0.3) is 10.6 Å². The standard InChI is InChI=1S/C22H22ClN3O3S/c23-17-5-6-20(27)19(11-17)25-21(28)12-18-14-30-22(24-18)16-3-1-15(2-4-16)13-26-7-9-29-10-8-26/h1-6,11,14,27H,7-10,12-13H2,(H,25,28). The number of aromatic nitrogens is 1. The summed E-state index contributed by atoms with van der Waals surface area (Å²) in [7, 11) is 0. The molecule has 8 heteroatoms. The molecule has 2 heterocycles. The number of hydrogen-bond donors (Lipinski definition) is 2. The van der Waals surface area contributed by atoms with Crippen LogP contribution in [-0.2, 0) is 22.5 Å². The van der Waals surface area contributed by atoms with Gasteiger partial charge in [0.1, 0.15) is 10.8 Å². The molecule has 2 aromatic carbocycles. The number of morpholine rings is 1. The van der Waals surface area contributed by atoms with Crippen molar-refractivity contribution in [2.75, 3.05) is 31.6 Å². The maximum Gasteiger partial charge on any atom is 0.230 e. The molecule has 30 heavy (non-hydrogen) atoms. The molecule has 0 spiro atoms. The number of ether oxygens (including phenoxy) is 1. The van der Waals surface area contributed by atoms with E-state index in [1.165, 1.54) is 29.0 Å². The Morgan fingerprint density at radius 1 is 1.20 bits per heavy atom. The van der Waals surface area contributed by atoms with Crippen molar-refractivity contribution in [2.45, 2.75) is 13.0 Å². The Balaban J connectivity index is 1.36. The van der Waals surface area contributed by atoms with Gasteiger partial charge in [0.2, 0.25) is 5.91 Å². The SMILES string of the molecule is O=C(Cc1csc(-c2ccc(CN3CCOCC3)cc2)n1)Nc1cc(Cl)ccc1O. The summed E-state index contributed by atoms with van der Waals surface area (Å²) in [6.07, 6.45) is 0.123. The summed E-state index contributed by atoms with van der Waals surface area (Å²) in [4.78, 5) is 19.3. The van der Waals surface area contributed by atoms with Gasteiger partial charge in [-0.1, -0.05) is 35.9 Å². The minimum absolute atomic E-state index is 0.0242. The van der Waals surface area contributed by atoms with Crippen molar-refractivity contribution in [3.8, 4) is 16.3 Å². The number of phenols is 1. The minimum Gasteiger partial charge on any atom is -0.506 e. The number of nitrogens with one attached hydrogen (secondary N) is 1. The molecular formula is C22H22ClN3O3S. The number of anilines is 1. The number of phenolic OH excluding ortho intramolecular Hbond substituents is 1. The van der Waals surface area contributed by atoms with Crippen molar-refractivity contribution in [1.82, 2.24) is 9.88 Å². The lowest BCUT2D eigenvalue weighted by Gasteiger charge is -2.26. The monoisotopic (exact) mass is 443 g/mol.